The van der Waals surface area contributed by atoms with Gasteiger partial charge in [0.05, 0.1) is 4.91 Å². The molecule has 0 bridgehead atoms. The Kier molecular flexibility index (Phi) is 8.16. The van der Waals surface area contributed by atoms with Gasteiger partial charge in [0, 0.05) is 29.4 Å². The number of allylic oxidation sites excluding steroid dienone is 3. The predicted octanol–water partition coefficient (Wildman–Crippen LogP) is 5.99. The Morgan fingerprint density at radius 2 is 1.94 bits per heavy atom. The summed E-state index contributed by atoms with van der Waals surface area (Å²) in [5, 5.41) is 11.7. The molecule has 1 aliphatic rings. The van der Waals surface area contributed by atoms with Gasteiger partial charge >= 0.3 is 0 Å². The normalized spacial score (nSPS) is 13.5. The lowest BCUT2D eigenvalue weighted by molar-refractivity contribution is 0.102. The van der Waals surface area contributed by atoms with E-state index in [1.807, 2.05) is 25.1 Å². The van der Waals surface area contributed by atoms with Gasteiger partial charge in [0.1, 0.15) is 11.6 Å². The van der Waals surface area contributed by atoms with E-state index in [1.54, 1.807) is 48.4 Å². The maximum absolute atomic E-state index is 13.0. The summed E-state index contributed by atoms with van der Waals surface area (Å²) in [5.74, 6) is 0.975. The van der Waals surface area contributed by atoms with Crippen LogP contribution >= 0.6 is 11.8 Å². The average molecular weight is 484 g/mol. The Morgan fingerprint density at radius 3 is 2.71 bits per heavy atom. The van der Waals surface area contributed by atoms with Crippen molar-refractivity contribution < 1.29 is 4.79 Å². The molecule has 3 heterocycles. The lowest BCUT2D eigenvalue weighted by Gasteiger charge is -2.24. The van der Waals surface area contributed by atoms with E-state index in [0.717, 1.165) is 52.1 Å². The Labute approximate surface area is 210 Å². The van der Waals surface area contributed by atoms with Crippen molar-refractivity contribution >= 4 is 45.0 Å². The molecule has 1 aromatic carbocycles. The molecule has 3 aromatic rings. The van der Waals surface area contributed by atoms with Crippen LogP contribution < -0.4 is 16.0 Å². The summed E-state index contributed by atoms with van der Waals surface area (Å²) in [6.07, 6.45) is 8.97. The molecule has 178 valence electrons. The zero-order valence-electron chi connectivity index (χ0n) is 19.8. The van der Waals surface area contributed by atoms with Gasteiger partial charge in [-0.2, -0.15) is 0 Å². The zero-order valence-corrected chi connectivity index (χ0v) is 20.6. The second-order valence-corrected chi connectivity index (χ2v) is 9.67. The second kappa shape index (κ2) is 11.7. The zero-order chi connectivity index (χ0) is 24.6. The van der Waals surface area contributed by atoms with Crippen molar-refractivity contribution in [3.63, 3.8) is 0 Å². The van der Waals surface area contributed by atoms with Crippen molar-refractivity contribution in [3.8, 4) is 0 Å². The highest BCUT2D eigenvalue weighted by atomic mass is 32.2. The van der Waals surface area contributed by atoms with Gasteiger partial charge in [-0.05, 0) is 79.1 Å². The molecule has 0 radical (unpaired) electrons. The van der Waals surface area contributed by atoms with Crippen molar-refractivity contribution in [1.29, 1.82) is 0 Å². The molecule has 2 aromatic heterocycles. The van der Waals surface area contributed by atoms with Crippen molar-refractivity contribution in [3.05, 3.63) is 95.9 Å². The maximum atomic E-state index is 13.0. The van der Waals surface area contributed by atoms with Gasteiger partial charge in [-0.15, -0.1) is 5.73 Å². The summed E-state index contributed by atoms with van der Waals surface area (Å²) >= 11 is 1.56. The van der Waals surface area contributed by atoms with E-state index in [1.165, 1.54) is 0 Å². The highest BCUT2D eigenvalue weighted by molar-refractivity contribution is 8.11. The van der Waals surface area contributed by atoms with E-state index < -0.39 is 0 Å². The van der Waals surface area contributed by atoms with E-state index in [4.69, 9.17) is 0 Å². The van der Waals surface area contributed by atoms with Gasteiger partial charge in [0.15, 0.2) is 0 Å². The molecule has 3 N–H and O–H groups in total. The quantitative estimate of drug-likeness (QED) is 0.270. The van der Waals surface area contributed by atoms with Crippen LogP contribution in [0.1, 0.15) is 35.7 Å². The summed E-state index contributed by atoms with van der Waals surface area (Å²) < 4.78 is 0. The molecular formula is C28H29N5OS. The number of pyridine rings is 2. The number of benzene rings is 1. The molecular weight excluding hydrogens is 454 g/mol. The third-order valence-corrected chi connectivity index (χ3v) is 6.45. The van der Waals surface area contributed by atoms with E-state index in [-0.39, 0.29) is 5.91 Å². The van der Waals surface area contributed by atoms with Crippen LogP contribution in [0.25, 0.3) is 15.7 Å². The summed E-state index contributed by atoms with van der Waals surface area (Å²) in [6.45, 7) is 11.7. The third-order valence-electron chi connectivity index (χ3n) is 5.55. The molecule has 35 heavy (non-hydrogen) atoms. The number of rotatable bonds is 8. The molecule has 0 spiro atoms. The molecule has 4 rings (SSSR count). The van der Waals surface area contributed by atoms with Crippen molar-refractivity contribution in [2.75, 3.05) is 23.7 Å². The predicted molar refractivity (Wildman–Crippen MR) is 148 cm³/mol. The Hall–Kier alpha value is -3.64. The number of nitrogens with zero attached hydrogens (tertiary/aromatic N) is 2. The third kappa shape index (κ3) is 6.70. The molecule has 0 atom stereocenters. The van der Waals surface area contributed by atoms with E-state index in [0.29, 0.717) is 23.2 Å². The SMILES string of the molecule is C=CC=C=C(SC(=C)C)c1ccc2cnc(NC(=O)c3ccnc(NC4CCNCC4)c3)cc2c1. The van der Waals surface area contributed by atoms with Gasteiger partial charge in [-0.1, -0.05) is 43.1 Å². The molecule has 0 saturated carbocycles. The Balaban J connectivity index is 1.53. The standard InChI is InChI=1S/C28H29N5OS/c1-4-5-6-25(35-19(2)3)20-7-8-22-18-31-27(17-23(22)15-20)33-28(34)21-9-14-30-26(16-21)32-24-10-12-29-13-11-24/h4-5,7-9,14-18,24,29H,1-2,10-13H2,3H3,(H,30,32)(H,31,33,34). The number of hydrogen-bond donors (Lipinski definition) is 3. The van der Waals surface area contributed by atoms with Crippen LogP contribution in [-0.2, 0) is 0 Å². The minimum Gasteiger partial charge on any atom is -0.367 e. The number of fused-ring (bicyclic) bond motifs is 1. The number of hydrogen-bond acceptors (Lipinski definition) is 6. The van der Waals surface area contributed by atoms with E-state index in [9.17, 15) is 4.79 Å². The van der Waals surface area contributed by atoms with Crippen molar-refractivity contribution in [1.82, 2.24) is 15.3 Å². The van der Waals surface area contributed by atoms with Gasteiger partial charge in [-0.25, -0.2) is 9.97 Å². The smallest absolute Gasteiger partial charge is 0.257 e. The molecule has 0 aliphatic carbocycles. The number of carbonyl (C=O) groups excluding carboxylic acids is 1. The first kappa shape index (κ1) is 24.5. The largest absolute Gasteiger partial charge is 0.367 e. The van der Waals surface area contributed by atoms with Crippen LogP contribution in [-0.4, -0.2) is 35.0 Å². The van der Waals surface area contributed by atoms with E-state index >= 15 is 0 Å². The lowest BCUT2D eigenvalue weighted by Crippen LogP contribution is -2.35. The van der Waals surface area contributed by atoms with Gasteiger partial charge in [0.25, 0.3) is 5.91 Å². The molecule has 0 unspecified atom stereocenters. The number of carbonyl (C=O) groups is 1. The number of thioether (sulfide) groups is 1. The molecule has 1 aliphatic heterocycles. The van der Waals surface area contributed by atoms with Crippen LogP contribution in [0.2, 0.25) is 0 Å². The molecule has 1 amide bonds. The van der Waals surface area contributed by atoms with Crippen LogP contribution in [0.4, 0.5) is 11.6 Å². The van der Waals surface area contributed by atoms with Crippen molar-refractivity contribution in [2.24, 2.45) is 0 Å². The first-order valence-corrected chi connectivity index (χ1v) is 12.4. The minimum absolute atomic E-state index is 0.226. The average Bonchev–Trinajstić information content (AvgIpc) is 2.86. The van der Waals surface area contributed by atoms with Crippen LogP contribution in [0.3, 0.4) is 0 Å². The van der Waals surface area contributed by atoms with Crippen LogP contribution in [0.15, 0.2) is 84.7 Å². The first-order valence-electron chi connectivity index (χ1n) is 11.6. The molecule has 1 fully saturated rings. The first-order chi connectivity index (χ1) is 17.0. The molecule has 7 heteroatoms. The number of anilines is 2. The summed E-state index contributed by atoms with van der Waals surface area (Å²) in [5.41, 5.74) is 4.80. The highest BCUT2D eigenvalue weighted by Crippen LogP contribution is 2.33. The number of piperidine rings is 1. The minimum atomic E-state index is -0.226. The Morgan fingerprint density at radius 1 is 1.11 bits per heavy atom. The van der Waals surface area contributed by atoms with Gasteiger partial charge in [0.2, 0.25) is 0 Å². The molecule has 1 saturated heterocycles. The lowest BCUT2D eigenvalue weighted by atomic mass is 10.1. The van der Waals surface area contributed by atoms with Crippen LogP contribution in [0.5, 0.6) is 0 Å². The summed E-state index contributed by atoms with van der Waals surface area (Å²) in [6, 6.07) is 11.8. The second-order valence-electron chi connectivity index (χ2n) is 8.36. The fourth-order valence-electron chi connectivity index (χ4n) is 3.85. The fourth-order valence-corrected chi connectivity index (χ4v) is 4.57. The summed E-state index contributed by atoms with van der Waals surface area (Å²) in [7, 11) is 0. The monoisotopic (exact) mass is 483 g/mol. The topological polar surface area (TPSA) is 78.9 Å². The maximum Gasteiger partial charge on any atom is 0.257 e. The molecule has 6 nitrogen and oxygen atoms in total. The number of aromatic nitrogens is 2. The van der Waals surface area contributed by atoms with Gasteiger partial charge < -0.3 is 16.0 Å². The van der Waals surface area contributed by atoms with Crippen LogP contribution in [0, 0.1) is 0 Å². The van der Waals surface area contributed by atoms with Crippen molar-refractivity contribution in [2.45, 2.75) is 25.8 Å². The van der Waals surface area contributed by atoms with E-state index in [2.05, 4.69) is 50.9 Å². The highest BCUT2D eigenvalue weighted by Gasteiger charge is 2.15. The summed E-state index contributed by atoms with van der Waals surface area (Å²) in [4.78, 5) is 23.7. The fraction of sp³-hybridized carbons (Fsp3) is 0.214. The Bertz CT molecular complexity index is 1320. The van der Waals surface area contributed by atoms with Gasteiger partial charge in [-0.3, -0.25) is 4.79 Å². The number of nitrogens with one attached hydrogen (secondary N) is 3. The number of amides is 1.